The number of rotatable bonds is 7. The monoisotopic (exact) mass is 373 g/mol. The van der Waals surface area contributed by atoms with Crippen LogP contribution in [0.2, 0.25) is 0 Å². The minimum Gasteiger partial charge on any atom is -0.427 e. The van der Waals surface area contributed by atoms with Gasteiger partial charge in [0.15, 0.2) is 0 Å². The van der Waals surface area contributed by atoms with Crippen molar-refractivity contribution in [3.63, 3.8) is 0 Å². The molecule has 0 spiro atoms. The Kier molecular flexibility index (Phi) is 6.71. The van der Waals surface area contributed by atoms with E-state index >= 15 is 0 Å². The molecule has 0 aliphatic heterocycles. The first-order valence-corrected chi connectivity index (χ1v) is 9.22. The molecule has 0 aromatic carbocycles. The van der Waals surface area contributed by atoms with Crippen LogP contribution < -0.4 is 16.6 Å². The highest BCUT2D eigenvalue weighted by molar-refractivity contribution is 5.95. The maximum atomic E-state index is 12.4. The van der Waals surface area contributed by atoms with Crippen molar-refractivity contribution in [2.75, 3.05) is 6.54 Å². The van der Waals surface area contributed by atoms with Crippen molar-refractivity contribution >= 4 is 5.91 Å². The minimum atomic E-state index is -0.629. The van der Waals surface area contributed by atoms with E-state index in [0.29, 0.717) is 17.0 Å². The van der Waals surface area contributed by atoms with Gasteiger partial charge in [-0.25, -0.2) is 9.59 Å². The lowest BCUT2D eigenvalue weighted by Crippen LogP contribution is -2.35. The number of aromatic nitrogens is 2. The van der Waals surface area contributed by atoms with Crippen LogP contribution in [0.25, 0.3) is 0 Å². The third-order valence-corrected chi connectivity index (χ3v) is 4.57. The van der Waals surface area contributed by atoms with Crippen LogP contribution in [0.1, 0.15) is 65.7 Å². The minimum absolute atomic E-state index is 0.00792. The summed E-state index contributed by atoms with van der Waals surface area (Å²) in [5.74, 6) is 0.230. The Morgan fingerprint density at radius 2 is 1.96 bits per heavy atom. The summed E-state index contributed by atoms with van der Waals surface area (Å²) in [5.41, 5.74) is 1.04. The highest BCUT2D eigenvalue weighted by Crippen LogP contribution is 2.21. The second kappa shape index (κ2) is 8.79. The Labute approximate surface area is 158 Å². The molecule has 0 bridgehead atoms. The predicted molar refractivity (Wildman–Crippen MR) is 103 cm³/mol. The van der Waals surface area contributed by atoms with Gasteiger partial charge in [-0.2, -0.15) is 4.98 Å². The van der Waals surface area contributed by atoms with E-state index < -0.39 is 11.5 Å². The lowest BCUT2D eigenvalue weighted by Gasteiger charge is -2.13. The smallest absolute Gasteiger partial charge is 0.349 e. The van der Waals surface area contributed by atoms with Gasteiger partial charge in [-0.05, 0) is 44.9 Å². The number of hydrogen-bond donors (Lipinski definition) is 1. The molecule has 0 aliphatic carbocycles. The number of carbonyl (C=O) groups is 1. The van der Waals surface area contributed by atoms with Gasteiger partial charge in [0.2, 0.25) is 0 Å². The van der Waals surface area contributed by atoms with E-state index in [1.807, 2.05) is 13.8 Å². The number of hydrogen-bond acceptors (Lipinski definition) is 5. The van der Waals surface area contributed by atoms with Crippen molar-refractivity contribution < 1.29 is 9.21 Å². The zero-order valence-electron chi connectivity index (χ0n) is 16.6. The Balaban J connectivity index is 2.11. The molecule has 7 nitrogen and oxygen atoms in total. The van der Waals surface area contributed by atoms with Gasteiger partial charge >= 0.3 is 11.3 Å². The standard InChI is InChI=1S/C20H27N3O4/c1-6-7-12(2)16-10-13(3)17(19(25)27-16)18(24)21-8-9-23-15(5)11-14(4)22-20(23)26/h10-12H,6-9H2,1-5H3,(H,21,24). The van der Waals surface area contributed by atoms with Gasteiger partial charge in [-0.1, -0.05) is 20.3 Å². The van der Waals surface area contributed by atoms with Gasteiger partial charge in [-0.3, -0.25) is 9.36 Å². The Bertz CT molecular complexity index is 943. The number of amides is 1. The molecule has 1 unspecified atom stereocenters. The second-order valence-corrected chi connectivity index (χ2v) is 6.91. The molecule has 1 amide bonds. The number of nitrogens with zero attached hydrogens (tertiary/aromatic N) is 2. The third-order valence-electron chi connectivity index (χ3n) is 4.57. The summed E-state index contributed by atoms with van der Waals surface area (Å²) in [6.45, 7) is 9.85. The molecule has 27 heavy (non-hydrogen) atoms. The molecule has 0 radical (unpaired) electrons. The number of aryl methyl sites for hydroxylation is 3. The largest absolute Gasteiger partial charge is 0.427 e. The van der Waals surface area contributed by atoms with Crippen LogP contribution in [0.3, 0.4) is 0 Å². The van der Waals surface area contributed by atoms with Gasteiger partial charge in [0.05, 0.1) is 0 Å². The molecular formula is C20H27N3O4. The van der Waals surface area contributed by atoms with Crippen molar-refractivity contribution in [1.29, 1.82) is 0 Å². The fourth-order valence-corrected chi connectivity index (χ4v) is 3.14. The van der Waals surface area contributed by atoms with Crippen molar-refractivity contribution in [3.8, 4) is 0 Å². The van der Waals surface area contributed by atoms with Gasteiger partial charge in [0, 0.05) is 30.4 Å². The summed E-state index contributed by atoms with van der Waals surface area (Å²) >= 11 is 0. The molecule has 146 valence electrons. The molecular weight excluding hydrogens is 346 g/mol. The lowest BCUT2D eigenvalue weighted by atomic mass is 10.0. The van der Waals surface area contributed by atoms with Gasteiger partial charge in [0.1, 0.15) is 11.3 Å². The van der Waals surface area contributed by atoms with Crippen LogP contribution >= 0.6 is 0 Å². The van der Waals surface area contributed by atoms with Crippen LogP contribution in [0.5, 0.6) is 0 Å². The van der Waals surface area contributed by atoms with Gasteiger partial charge < -0.3 is 9.73 Å². The SMILES string of the molecule is CCCC(C)c1cc(C)c(C(=O)NCCn2c(C)cc(C)nc2=O)c(=O)o1. The van der Waals surface area contributed by atoms with E-state index in [-0.39, 0.29) is 30.3 Å². The zero-order valence-corrected chi connectivity index (χ0v) is 16.6. The van der Waals surface area contributed by atoms with E-state index in [9.17, 15) is 14.4 Å². The molecule has 7 heteroatoms. The van der Waals surface area contributed by atoms with Crippen LogP contribution in [-0.4, -0.2) is 22.0 Å². The molecule has 2 heterocycles. The summed E-state index contributed by atoms with van der Waals surface area (Å²) in [4.78, 5) is 40.6. The number of carbonyl (C=O) groups excluding carboxylic acids is 1. The Morgan fingerprint density at radius 1 is 1.26 bits per heavy atom. The molecule has 0 fully saturated rings. The summed E-state index contributed by atoms with van der Waals surface area (Å²) in [6, 6.07) is 3.56. The third kappa shape index (κ3) is 4.93. The number of nitrogens with one attached hydrogen (secondary N) is 1. The topological polar surface area (TPSA) is 94.2 Å². The Hall–Kier alpha value is -2.70. The highest BCUT2D eigenvalue weighted by atomic mass is 16.4. The maximum absolute atomic E-state index is 12.4. The predicted octanol–water partition coefficient (Wildman–Crippen LogP) is 2.46. The highest BCUT2D eigenvalue weighted by Gasteiger charge is 2.18. The normalized spacial score (nSPS) is 12.0. The van der Waals surface area contributed by atoms with Crippen LogP contribution in [0.4, 0.5) is 0 Å². The average molecular weight is 373 g/mol. The average Bonchev–Trinajstić information content (AvgIpc) is 2.56. The summed E-state index contributed by atoms with van der Waals surface area (Å²) < 4.78 is 6.84. The fourth-order valence-electron chi connectivity index (χ4n) is 3.14. The summed E-state index contributed by atoms with van der Waals surface area (Å²) in [7, 11) is 0. The first kappa shape index (κ1) is 20.6. The van der Waals surface area contributed by atoms with Gasteiger partial charge in [0.25, 0.3) is 5.91 Å². The lowest BCUT2D eigenvalue weighted by molar-refractivity contribution is 0.0946. The van der Waals surface area contributed by atoms with E-state index in [1.165, 1.54) is 4.57 Å². The van der Waals surface area contributed by atoms with Crippen LogP contribution in [0.15, 0.2) is 26.1 Å². The maximum Gasteiger partial charge on any atom is 0.349 e. The van der Waals surface area contributed by atoms with E-state index in [2.05, 4.69) is 17.2 Å². The molecule has 0 saturated heterocycles. The quantitative estimate of drug-likeness (QED) is 0.804. The molecule has 2 aromatic rings. The molecule has 2 rings (SSSR count). The Morgan fingerprint density at radius 3 is 2.56 bits per heavy atom. The fraction of sp³-hybridized carbons (Fsp3) is 0.500. The van der Waals surface area contributed by atoms with Crippen LogP contribution in [0, 0.1) is 20.8 Å². The van der Waals surface area contributed by atoms with Gasteiger partial charge in [-0.15, -0.1) is 0 Å². The van der Waals surface area contributed by atoms with E-state index in [1.54, 1.807) is 26.0 Å². The van der Waals surface area contributed by atoms with Crippen LogP contribution in [-0.2, 0) is 6.54 Å². The molecule has 0 saturated carbocycles. The molecule has 1 N–H and O–H groups in total. The van der Waals surface area contributed by atoms with Crippen molar-refractivity contribution in [3.05, 3.63) is 61.3 Å². The van der Waals surface area contributed by atoms with E-state index in [4.69, 9.17) is 4.42 Å². The molecule has 0 aliphatic rings. The van der Waals surface area contributed by atoms with Crippen molar-refractivity contribution in [2.24, 2.45) is 0 Å². The van der Waals surface area contributed by atoms with Crippen molar-refractivity contribution in [1.82, 2.24) is 14.9 Å². The summed E-state index contributed by atoms with van der Waals surface area (Å²) in [6.07, 6.45) is 1.89. The molecule has 2 aromatic heterocycles. The second-order valence-electron chi connectivity index (χ2n) is 6.91. The van der Waals surface area contributed by atoms with E-state index in [0.717, 1.165) is 18.5 Å². The summed E-state index contributed by atoms with van der Waals surface area (Å²) in [5, 5.41) is 2.69. The first-order chi connectivity index (χ1) is 12.7. The first-order valence-electron chi connectivity index (χ1n) is 9.22. The van der Waals surface area contributed by atoms with Crippen molar-refractivity contribution in [2.45, 2.75) is 59.9 Å². The zero-order chi connectivity index (χ0) is 20.1. The molecule has 1 atom stereocenters.